The largest absolute Gasteiger partial charge is 0.395 e. The summed E-state index contributed by atoms with van der Waals surface area (Å²) in [7, 11) is 0. The molecular formula is C25H51N7O12. The fourth-order valence-corrected chi connectivity index (χ4v) is 5.54. The molecule has 1 saturated carbocycles. The highest BCUT2D eigenvalue weighted by molar-refractivity contribution is 5.80. The number of carbonyl (C=O) groups is 1. The van der Waals surface area contributed by atoms with Crippen molar-refractivity contribution in [1.29, 1.82) is 0 Å². The van der Waals surface area contributed by atoms with Gasteiger partial charge >= 0.3 is 0 Å². The lowest BCUT2D eigenvalue weighted by atomic mass is 9.83. The van der Waals surface area contributed by atoms with Crippen molar-refractivity contribution in [3.05, 3.63) is 0 Å². The number of rotatable bonds is 14. The summed E-state index contributed by atoms with van der Waals surface area (Å²) in [6.45, 7) is -0.445. The highest BCUT2D eigenvalue weighted by atomic mass is 16.7. The van der Waals surface area contributed by atoms with Crippen LogP contribution in [0.5, 0.6) is 0 Å². The minimum atomic E-state index is -1.61. The van der Waals surface area contributed by atoms with E-state index in [1.165, 1.54) is 0 Å². The van der Waals surface area contributed by atoms with Gasteiger partial charge in [0.2, 0.25) is 5.91 Å². The van der Waals surface area contributed by atoms with Gasteiger partial charge in [-0.1, -0.05) is 0 Å². The number of hydrogen-bond donors (Lipinski definition) is 14. The summed E-state index contributed by atoms with van der Waals surface area (Å²) in [4.78, 5) is 12.7. The van der Waals surface area contributed by atoms with Crippen LogP contribution >= 0.6 is 0 Å². The first-order chi connectivity index (χ1) is 20.8. The van der Waals surface area contributed by atoms with Crippen molar-refractivity contribution in [2.75, 3.05) is 32.8 Å². The highest BCUT2D eigenvalue weighted by Gasteiger charge is 2.51. The van der Waals surface area contributed by atoms with Gasteiger partial charge in [0.15, 0.2) is 12.6 Å². The van der Waals surface area contributed by atoms with Gasteiger partial charge in [-0.05, 0) is 25.8 Å². The molecule has 44 heavy (non-hydrogen) atoms. The number of amides is 1. The lowest BCUT2D eigenvalue weighted by molar-refractivity contribution is -0.316. The normalized spacial score (nSPS) is 42.9. The Balaban J connectivity index is 1.79. The van der Waals surface area contributed by atoms with Crippen LogP contribution in [-0.4, -0.2) is 172 Å². The molecule has 0 aromatic heterocycles. The van der Waals surface area contributed by atoms with Crippen molar-refractivity contribution in [3.8, 4) is 0 Å². The van der Waals surface area contributed by atoms with Gasteiger partial charge in [0.05, 0.1) is 43.5 Å². The lowest BCUT2D eigenvalue weighted by Gasteiger charge is -2.48. The molecule has 3 fully saturated rings. The molecule has 19 nitrogen and oxygen atoms in total. The molecule has 3 aliphatic rings. The molecule has 1 unspecified atom stereocenters. The molecule has 3 rings (SSSR count). The Morgan fingerprint density at radius 1 is 0.909 bits per heavy atom. The molecule has 0 aromatic rings. The van der Waals surface area contributed by atoms with Crippen LogP contribution in [-0.2, 0) is 23.7 Å². The summed E-state index contributed by atoms with van der Waals surface area (Å²) in [6, 6.07) is -4.59. The van der Waals surface area contributed by atoms with Gasteiger partial charge in [-0.15, -0.1) is 0 Å². The van der Waals surface area contributed by atoms with E-state index in [1.807, 2.05) is 0 Å². The Labute approximate surface area is 254 Å². The number of carbonyl (C=O) groups excluding carboxylic acids is 1. The Bertz CT molecular complexity index is 883. The maximum Gasteiger partial charge on any atom is 0.249 e. The molecule has 2 heterocycles. The number of aliphatic hydroxyl groups excluding tert-OH is 7. The predicted molar refractivity (Wildman–Crippen MR) is 151 cm³/mol. The van der Waals surface area contributed by atoms with Gasteiger partial charge in [0, 0.05) is 25.2 Å². The average Bonchev–Trinajstić information content (AvgIpc) is 2.98. The predicted octanol–water partition coefficient (Wildman–Crippen LogP) is -8.48. The van der Waals surface area contributed by atoms with Gasteiger partial charge in [-0.3, -0.25) is 4.79 Å². The fourth-order valence-electron chi connectivity index (χ4n) is 5.54. The van der Waals surface area contributed by atoms with Crippen molar-refractivity contribution in [1.82, 2.24) is 10.6 Å². The zero-order valence-electron chi connectivity index (χ0n) is 24.5. The van der Waals surface area contributed by atoms with Gasteiger partial charge in [0.25, 0.3) is 0 Å². The second kappa shape index (κ2) is 17.1. The van der Waals surface area contributed by atoms with E-state index in [4.69, 9.17) is 52.7 Å². The summed E-state index contributed by atoms with van der Waals surface area (Å²) in [5.41, 5.74) is 29.7. The highest BCUT2D eigenvalue weighted by Crippen LogP contribution is 2.31. The maximum absolute atomic E-state index is 12.7. The molecule has 1 aliphatic carbocycles. The first-order valence-electron chi connectivity index (χ1n) is 14.8. The summed E-state index contributed by atoms with van der Waals surface area (Å²) in [6.07, 6.45) is -14.3. The Hall–Kier alpha value is -1.21. The van der Waals surface area contributed by atoms with E-state index in [2.05, 4.69) is 10.6 Å². The number of hydrogen-bond acceptors (Lipinski definition) is 18. The standard InChI is InChI=1S/C25H51N7O12/c26-2-1-13(35)23(40)32-12-3-10(28)21(20(39)22(12)44-25-19(38)17(30)18(37)16(8-34)42-25)43-24-11(29)4-14(36)15(41-24)6-31-5-9(27)7-33/h9-22,24-25,31,33-39H,1-8,26-30H2,(H,32,40)/t9?,10-,11+,12+,13-,14-,15+,16+,17-,18+,19+,20-,21+,22-,24+,25+/m0/s1. The van der Waals surface area contributed by atoms with Crippen LogP contribution < -0.4 is 39.3 Å². The van der Waals surface area contributed by atoms with Crippen LogP contribution in [0, 0.1) is 0 Å². The van der Waals surface area contributed by atoms with Crippen LogP contribution in [0.15, 0.2) is 0 Å². The quantitative estimate of drug-likeness (QED) is 0.0836. The van der Waals surface area contributed by atoms with Crippen molar-refractivity contribution in [2.24, 2.45) is 28.7 Å². The van der Waals surface area contributed by atoms with Crippen LogP contribution in [0.3, 0.4) is 0 Å². The van der Waals surface area contributed by atoms with Gasteiger partial charge < -0.3 is 94.0 Å². The number of ether oxygens (including phenoxy) is 4. The van der Waals surface area contributed by atoms with Crippen LogP contribution in [0.25, 0.3) is 0 Å². The van der Waals surface area contributed by atoms with E-state index >= 15 is 0 Å². The fraction of sp³-hybridized carbons (Fsp3) is 0.960. The molecule has 258 valence electrons. The van der Waals surface area contributed by atoms with Gasteiger partial charge in [-0.25, -0.2) is 0 Å². The Morgan fingerprint density at radius 2 is 1.57 bits per heavy atom. The third-order valence-corrected chi connectivity index (χ3v) is 8.20. The van der Waals surface area contributed by atoms with Crippen LogP contribution in [0.2, 0.25) is 0 Å². The number of nitrogens with two attached hydrogens (primary N) is 5. The molecule has 2 saturated heterocycles. The zero-order chi connectivity index (χ0) is 32.7. The van der Waals surface area contributed by atoms with E-state index in [1.54, 1.807) is 0 Å². The van der Waals surface area contributed by atoms with Gasteiger partial charge in [0.1, 0.15) is 42.7 Å². The molecule has 19 N–H and O–H groups in total. The lowest BCUT2D eigenvalue weighted by Crippen LogP contribution is -2.69. The second-order valence-corrected chi connectivity index (χ2v) is 11.7. The topological polar surface area (TPSA) is 350 Å². The molecule has 1 amide bonds. The zero-order valence-corrected chi connectivity index (χ0v) is 24.5. The minimum Gasteiger partial charge on any atom is -0.395 e. The summed E-state index contributed by atoms with van der Waals surface area (Å²) < 4.78 is 23.4. The molecule has 19 heteroatoms. The summed E-state index contributed by atoms with van der Waals surface area (Å²) >= 11 is 0. The number of nitrogens with one attached hydrogen (secondary N) is 2. The Morgan fingerprint density at radius 3 is 2.20 bits per heavy atom. The molecule has 0 radical (unpaired) electrons. The van der Waals surface area contributed by atoms with Crippen LogP contribution in [0.1, 0.15) is 19.3 Å². The SMILES string of the molecule is NCC[C@H](O)C(=O)N[C@@H]1C[C@H](N)[C@@H](O[C@H]2O[C@H](CNCC(N)CO)[C@@H](O)C[C@H]2N)[C@H](O)[C@H]1O[C@H]1O[C@H](CO)[C@@H](O)[C@H](N)[C@H]1O. The van der Waals surface area contributed by atoms with E-state index in [9.17, 15) is 35.4 Å². The number of aliphatic hydroxyl groups is 7. The third kappa shape index (κ3) is 9.20. The summed E-state index contributed by atoms with van der Waals surface area (Å²) in [5.74, 6) is -0.804. The van der Waals surface area contributed by atoms with Crippen molar-refractivity contribution >= 4 is 5.91 Å². The Kier molecular flexibility index (Phi) is 14.5. The first-order valence-corrected chi connectivity index (χ1v) is 14.8. The van der Waals surface area contributed by atoms with Crippen LogP contribution in [0.4, 0.5) is 0 Å². The molecule has 0 aromatic carbocycles. The molecule has 0 spiro atoms. The average molecular weight is 642 g/mol. The molecular weight excluding hydrogens is 590 g/mol. The van der Waals surface area contributed by atoms with Crippen molar-refractivity contribution in [2.45, 2.75) is 117 Å². The molecule has 0 bridgehead atoms. The van der Waals surface area contributed by atoms with E-state index < -0.39 is 110 Å². The third-order valence-electron chi connectivity index (χ3n) is 8.20. The summed E-state index contributed by atoms with van der Waals surface area (Å²) in [5, 5.41) is 77.4. The van der Waals surface area contributed by atoms with Crippen molar-refractivity contribution < 1.29 is 59.5 Å². The van der Waals surface area contributed by atoms with Crippen molar-refractivity contribution in [3.63, 3.8) is 0 Å². The monoisotopic (exact) mass is 641 g/mol. The smallest absolute Gasteiger partial charge is 0.249 e. The first kappa shape index (κ1) is 37.2. The maximum atomic E-state index is 12.7. The second-order valence-electron chi connectivity index (χ2n) is 11.7. The molecule has 16 atom stereocenters. The van der Waals surface area contributed by atoms with E-state index in [0.29, 0.717) is 0 Å². The molecule has 2 aliphatic heterocycles. The van der Waals surface area contributed by atoms with Gasteiger partial charge in [-0.2, -0.15) is 0 Å². The van der Waals surface area contributed by atoms with E-state index in [-0.39, 0.29) is 45.5 Å². The minimum absolute atomic E-state index is 0.0310. The van der Waals surface area contributed by atoms with E-state index in [0.717, 1.165) is 0 Å².